The van der Waals surface area contributed by atoms with Crippen LogP contribution in [0.5, 0.6) is 0 Å². The Morgan fingerprint density at radius 1 is 1.03 bits per heavy atom. The molecule has 10 nitrogen and oxygen atoms in total. The fourth-order valence-corrected chi connectivity index (χ4v) is 16.5. The Morgan fingerprint density at radius 3 is 2.09 bits per heavy atom. The maximum Gasteiger partial charge on any atom is 0.335 e. The summed E-state index contributed by atoms with van der Waals surface area (Å²) in [6.07, 6.45) is -2.34. The summed E-state index contributed by atoms with van der Waals surface area (Å²) in [7, 11) is -5.83. The quantitative estimate of drug-likeness (QED) is 0.441. The van der Waals surface area contributed by atoms with Crippen LogP contribution < -0.4 is 11.2 Å². The highest BCUT2D eigenvalue weighted by atomic mass is 28.5. The zero-order chi connectivity index (χ0) is 26.3. The number of aromatic nitrogens is 2. The van der Waals surface area contributed by atoms with Gasteiger partial charge in [-0.05, 0) is 22.2 Å². The van der Waals surface area contributed by atoms with Crippen molar-refractivity contribution in [3.8, 4) is 0 Å². The monoisotopic (exact) mass is 528 g/mol. The number of ether oxygens (including phenoxy) is 2. The molecule has 0 amide bonds. The van der Waals surface area contributed by atoms with Gasteiger partial charge in [-0.25, -0.2) is 9.36 Å². The van der Waals surface area contributed by atoms with Gasteiger partial charge in [0.25, 0.3) is 5.56 Å². The SMILES string of the molecule is CC(=O)O[C@H]1[C@@H]2O[Si](C(C)C)(C(C)C)O[Si](C(C)C)(C(C)C)OC[C@H]2O[C@H]1n1c(=O)cc[nH]c1=O. The lowest BCUT2D eigenvalue weighted by molar-refractivity contribution is -0.156. The van der Waals surface area contributed by atoms with Crippen LogP contribution in [0.15, 0.2) is 21.9 Å². The van der Waals surface area contributed by atoms with Crippen molar-refractivity contribution in [1.29, 1.82) is 0 Å². The molecule has 0 spiro atoms. The van der Waals surface area contributed by atoms with Crippen molar-refractivity contribution in [1.82, 2.24) is 9.55 Å². The van der Waals surface area contributed by atoms with Crippen LogP contribution in [-0.2, 0) is 27.2 Å². The number of rotatable bonds is 6. The lowest BCUT2D eigenvalue weighted by Gasteiger charge is -2.51. The van der Waals surface area contributed by atoms with E-state index in [0.29, 0.717) is 0 Å². The first-order valence-electron chi connectivity index (χ1n) is 12.4. The van der Waals surface area contributed by atoms with Gasteiger partial charge in [-0.2, -0.15) is 0 Å². The van der Waals surface area contributed by atoms with Crippen LogP contribution in [0.2, 0.25) is 22.2 Å². The number of H-pyrrole nitrogens is 1. The fraction of sp³-hybridized carbons (Fsp3) is 0.783. The molecule has 1 aromatic heterocycles. The fourth-order valence-electron chi connectivity index (χ4n) is 5.32. The van der Waals surface area contributed by atoms with Crippen LogP contribution in [0.25, 0.3) is 0 Å². The second kappa shape index (κ2) is 10.4. The van der Waals surface area contributed by atoms with Gasteiger partial charge < -0.3 is 27.4 Å². The molecule has 2 aliphatic rings. The summed E-state index contributed by atoms with van der Waals surface area (Å²) in [5.74, 6) is -0.563. The van der Waals surface area contributed by atoms with Crippen molar-refractivity contribution >= 4 is 23.1 Å². The Morgan fingerprint density at radius 2 is 1.60 bits per heavy atom. The smallest absolute Gasteiger partial charge is 0.335 e. The predicted molar refractivity (Wildman–Crippen MR) is 135 cm³/mol. The maximum absolute atomic E-state index is 12.7. The highest BCUT2D eigenvalue weighted by molar-refractivity contribution is 6.83. The van der Waals surface area contributed by atoms with E-state index in [0.717, 1.165) is 4.57 Å². The van der Waals surface area contributed by atoms with Crippen molar-refractivity contribution in [2.24, 2.45) is 0 Å². The van der Waals surface area contributed by atoms with Gasteiger partial charge in [0.2, 0.25) is 0 Å². The number of hydrogen-bond donors (Lipinski definition) is 1. The van der Waals surface area contributed by atoms with Gasteiger partial charge in [-0.1, -0.05) is 55.4 Å². The third-order valence-corrected chi connectivity index (χ3v) is 17.3. The Bertz CT molecular complexity index is 977. The molecule has 1 aromatic rings. The van der Waals surface area contributed by atoms with Crippen LogP contribution in [0, 0.1) is 0 Å². The number of carbonyl (C=O) groups is 1. The topological polar surface area (TPSA) is 118 Å². The summed E-state index contributed by atoms with van der Waals surface area (Å²) in [6.45, 7) is 18.2. The van der Waals surface area contributed by atoms with E-state index in [9.17, 15) is 14.4 Å². The number of carbonyl (C=O) groups excluding carboxylic acids is 1. The zero-order valence-electron chi connectivity index (χ0n) is 22.2. The first-order valence-corrected chi connectivity index (χ1v) is 16.4. The van der Waals surface area contributed by atoms with Gasteiger partial charge in [-0.3, -0.25) is 9.59 Å². The number of nitrogens with zero attached hydrogens (tertiary/aromatic N) is 1. The summed E-state index contributed by atoms with van der Waals surface area (Å²) in [5, 5.41) is 0. The van der Waals surface area contributed by atoms with Crippen molar-refractivity contribution < 1.29 is 27.2 Å². The van der Waals surface area contributed by atoms with Crippen LogP contribution in [0.4, 0.5) is 0 Å². The summed E-state index contributed by atoms with van der Waals surface area (Å²) < 4.78 is 33.7. The molecule has 0 aromatic carbocycles. The highest BCUT2D eigenvalue weighted by Gasteiger charge is 2.62. The lowest BCUT2D eigenvalue weighted by Crippen LogP contribution is -2.66. The molecule has 2 aliphatic heterocycles. The second-order valence-corrected chi connectivity index (χ2v) is 19.5. The molecule has 0 aliphatic carbocycles. The Labute approximate surface area is 208 Å². The minimum atomic E-state index is -3.03. The molecule has 12 heteroatoms. The molecule has 2 saturated heterocycles. The summed E-state index contributed by atoms with van der Waals surface area (Å²) >= 11 is 0. The number of hydrogen-bond acceptors (Lipinski definition) is 8. The molecule has 2 fully saturated rings. The predicted octanol–water partition coefficient (Wildman–Crippen LogP) is 3.32. The number of esters is 1. The molecule has 0 unspecified atom stereocenters. The lowest BCUT2D eigenvalue weighted by atomic mass is 10.1. The van der Waals surface area contributed by atoms with Gasteiger partial charge in [0.15, 0.2) is 12.3 Å². The van der Waals surface area contributed by atoms with Gasteiger partial charge >= 0.3 is 28.8 Å². The van der Waals surface area contributed by atoms with Crippen molar-refractivity contribution in [2.45, 2.75) is 109 Å². The average Bonchev–Trinajstić information content (AvgIpc) is 3.02. The Balaban J connectivity index is 2.19. The molecular formula is C23H40N2O8Si2. The maximum atomic E-state index is 12.7. The normalized spacial score (nSPS) is 28.3. The van der Waals surface area contributed by atoms with E-state index in [1.165, 1.54) is 19.2 Å². The van der Waals surface area contributed by atoms with E-state index >= 15 is 0 Å². The Kier molecular flexibility index (Phi) is 8.34. The molecule has 0 bridgehead atoms. The standard InChI is InChI=1S/C23H40N2O8Si2/c1-13(2)34(14(3)4)29-12-18-20(32-35(33-34,15(5)6)16(7)8)21(30-17(9)26)22(31-18)25-19(27)10-11-24-23(25)28/h10-11,13-16,18,20-22H,12H2,1-9H3,(H,24,28)/t18-,20-,21+,22-/m1/s1. The van der Waals surface area contributed by atoms with Gasteiger partial charge in [0.05, 0.1) is 6.61 Å². The van der Waals surface area contributed by atoms with Crippen LogP contribution in [0.3, 0.4) is 0 Å². The first-order chi connectivity index (χ1) is 16.3. The largest absolute Gasteiger partial charge is 0.455 e. The molecule has 0 radical (unpaired) electrons. The van der Waals surface area contributed by atoms with Gasteiger partial charge in [0.1, 0.15) is 12.2 Å². The van der Waals surface area contributed by atoms with Crippen LogP contribution >= 0.6 is 0 Å². The summed E-state index contributed by atoms with van der Waals surface area (Å²) in [4.78, 5) is 39.9. The highest BCUT2D eigenvalue weighted by Crippen LogP contribution is 2.48. The minimum absolute atomic E-state index is 0.0501. The summed E-state index contributed by atoms with van der Waals surface area (Å²) in [6, 6.07) is 1.23. The van der Waals surface area contributed by atoms with E-state index in [4.69, 9.17) is 22.4 Å². The average molecular weight is 529 g/mol. The zero-order valence-corrected chi connectivity index (χ0v) is 24.2. The molecule has 1 N–H and O–H groups in total. The molecule has 0 saturated carbocycles. The van der Waals surface area contributed by atoms with Crippen molar-refractivity contribution in [3.63, 3.8) is 0 Å². The van der Waals surface area contributed by atoms with Crippen molar-refractivity contribution in [2.75, 3.05) is 6.61 Å². The molecular weight excluding hydrogens is 488 g/mol. The van der Waals surface area contributed by atoms with Crippen LogP contribution in [0.1, 0.15) is 68.5 Å². The number of aromatic amines is 1. The van der Waals surface area contributed by atoms with E-state index in [1.54, 1.807) is 0 Å². The number of nitrogens with one attached hydrogen (secondary N) is 1. The first kappa shape index (κ1) is 28.0. The van der Waals surface area contributed by atoms with Crippen LogP contribution in [-0.4, -0.2) is 57.6 Å². The Hall–Kier alpha value is -1.58. The van der Waals surface area contributed by atoms with E-state index < -0.39 is 58.9 Å². The van der Waals surface area contributed by atoms with Gasteiger partial charge in [0, 0.05) is 19.2 Å². The second-order valence-electron chi connectivity index (χ2n) is 10.7. The molecule has 4 atom stereocenters. The third-order valence-electron chi connectivity index (χ3n) is 7.06. The van der Waals surface area contributed by atoms with Gasteiger partial charge in [-0.15, -0.1) is 0 Å². The molecule has 3 rings (SSSR count). The third kappa shape index (κ3) is 5.01. The number of fused-ring (bicyclic) bond motifs is 1. The minimum Gasteiger partial charge on any atom is -0.455 e. The molecule has 3 heterocycles. The molecule has 35 heavy (non-hydrogen) atoms. The summed E-state index contributed by atoms with van der Waals surface area (Å²) in [5.41, 5.74) is -0.827. The molecule has 198 valence electrons. The van der Waals surface area contributed by atoms with E-state index in [2.05, 4.69) is 60.4 Å². The van der Waals surface area contributed by atoms with Crippen molar-refractivity contribution in [3.05, 3.63) is 33.1 Å². The van der Waals surface area contributed by atoms with E-state index in [-0.39, 0.29) is 28.8 Å². The van der Waals surface area contributed by atoms with E-state index in [1.807, 2.05) is 0 Å².